The lowest BCUT2D eigenvalue weighted by Crippen LogP contribution is -2.35. The van der Waals surface area contributed by atoms with Crippen molar-refractivity contribution in [3.05, 3.63) is 18.0 Å². The first-order valence-electron chi connectivity index (χ1n) is 6.07. The number of aromatic nitrogens is 2. The maximum atomic E-state index is 5.50. The lowest BCUT2D eigenvalue weighted by atomic mass is 9.70. The van der Waals surface area contributed by atoms with Gasteiger partial charge in [0.25, 0.3) is 0 Å². The van der Waals surface area contributed by atoms with Crippen molar-refractivity contribution in [1.82, 2.24) is 15.1 Å². The summed E-state index contributed by atoms with van der Waals surface area (Å²) >= 11 is 0. The first-order chi connectivity index (χ1) is 7.80. The number of nitrogens with one attached hydrogen (secondary N) is 1. The van der Waals surface area contributed by atoms with Gasteiger partial charge in [-0.2, -0.15) is 5.10 Å². The van der Waals surface area contributed by atoms with E-state index in [-0.39, 0.29) is 0 Å². The van der Waals surface area contributed by atoms with Crippen LogP contribution in [0.4, 0.5) is 0 Å². The predicted octanol–water partition coefficient (Wildman–Crippen LogP) is 0.904. The van der Waals surface area contributed by atoms with Gasteiger partial charge in [-0.25, -0.2) is 0 Å². The van der Waals surface area contributed by atoms with Crippen molar-refractivity contribution < 1.29 is 4.74 Å². The summed E-state index contributed by atoms with van der Waals surface area (Å²) < 4.78 is 7.40. The lowest BCUT2D eigenvalue weighted by Gasteiger charge is -2.37. The fourth-order valence-electron chi connectivity index (χ4n) is 3.20. The fourth-order valence-corrected chi connectivity index (χ4v) is 3.20. The van der Waals surface area contributed by atoms with Crippen molar-refractivity contribution in [2.75, 3.05) is 26.3 Å². The second-order valence-electron chi connectivity index (χ2n) is 5.11. The molecule has 4 nitrogen and oxygen atoms in total. The molecule has 16 heavy (non-hydrogen) atoms. The number of rotatable bonds is 1. The Morgan fingerprint density at radius 3 is 3.00 bits per heavy atom. The third kappa shape index (κ3) is 1.57. The molecule has 4 heteroatoms. The number of hydrogen-bond acceptors (Lipinski definition) is 3. The molecule has 3 rings (SSSR count). The number of nitrogens with zero attached hydrogens (tertiary/aromatic N) is 2. The number of hydrogen-bond donors (Lipinski definition) is 1. The van der Waals surface area contributed by atoms with E-state index in [9.17, 15) is 0 Å². The summed E-state index contributed by atoms with van der Waals surface area (Å²) in [7, 11) is 1.99. The highest BCUT2D eigenvalue weighted by Crippen LogP contribution is 2.46. The highest BCUT2D eigenvalue weighted by molar-refractivity contribution is 5.20. The van der Waals surface area contributed by atoms with E-state index in [0.717, 1.165) is 26.3 Å². The van der Waals surface area contributed by atoms with Crippen LogP contribution in [0.5, 0.6) is 0 Å². The van der Waals surface area contributed by atoms with E-state index in [1.165, 1.54) is 18.4 Å². The van der Waals surface area contributed by atoms with Crippen molar-refractivity contribution in [1.29, 1.82) is 0 Å². The minimum Gasteiger partial charge on any atom is -0.381 e. The summed E-state index contributed by atoms with van der Waals surface area (Å²) in [4.78, 5) is 0. The van der Waals surface area contributed by atoms with Crippen LogP contribution in [0.3, 0.4) is 0 Å². The van der Waals surface area contributed by atoms with E-state index in [1.807, 2.05) is 17.9 Å². The van der Waals surface area contributed by atoms with E-state index in [2.05, 4.69) is 16.6 Å². The molecule has 0 bridgehead atoms. The van der Waals surface area contributed by atoms with Crippen LogP contribution in [0.15, 0.2) is 12.4 Å². The van der Waals surface area contributed by atoms with Crippen LogP contribution in [0.2, 0.25) is 0 Å². The van der Waals surface area contributed by atoms with Crippen LogP contribution in [-0.4, -0.2) is 36.1 Å². The van der Waals surface area contributed by atoms with Crippen LogP contribution in [0, 0.1) is 5.41 Å². The monoisotopic (exact) mass is 221 g/mol. The normalized spacial score (nSPS) is 28.7. The Hall–Kier alpha value is -0.870. The summed E-state index contributed by atoms with van der Waals surface area (Å²) in [5.41, 5.74) is 1.80. The minimum atomic E-state index is 0.418. The molecule has 2 fully saturated rings. The largest absolute Gasteiger partial charge is 0.381 e. The minimum absolute atomic E-state index is 0.418. The Morgan fingerprint density at radius 1 is 1.50 bits per heavy atom. The summed E-state index contributed by atoms with van der Waals surface area (Å²) in [6.45, 7) is 4.05. The van der Waals surface area contributed by atoms with E-state index in [0.29, 0.717) is 11.3 Å². The van der Waals surface area contributed by atoms with Crippen LogP contribution >= 0.6 is 0 Å². The smallest absolute Gasteiger partial charge is 0.0525 e. The fraction of sp³-hybridized carbons (Fsp3) is 0.750. The van der Waals surface area contributed by atoms with Crippen LogP contribution in [0.1, 0.15) is 24.3 Å². The van der Waals surface area contributed by atoms with Gasteiger partial charge in [-0.1, -0.05) is 0 Å². The molecule has 1 unspecified atom stereocenters. The molecule has 0 radical (unpaired) electrons. The van der Waals surface area contributed by atoms with Gasteiger partial charge in [0, 0.05) is 45.5 Å². The molecule has 1 aromatic heterocycles. The lowest BCUT2D eigenvalue weighted by molar-refractivity contribution is 0.0165. The van der Waals surface area contributed by atoms with Gasteiger partial charge in [-0.05, 0) is 23.8 Å². The molecular formula is C12H19N3O. The van der Waals surface area contributed by atoms with E-state index < -0.39 is 0 Å². The molecule has 88 valence electrons. The SMILES string of the molecule is Cn1cc(C2CNCC23CCOCC3)cn1. The quantitative estimate of drug-likeness (QED) is 0.766. The highest BCUT2D eigenvalue weighted by Gasteiger charge is 2.44. The maximum absolute atomic E-state index is 5.50. The summed E-state index contributed by atoms with van der Waals surface area (Å²) in [5.74, 6) is 0.616. The van der Waals surface area contributed by atoms with Gasteiger partial charge < -0.3 is 10.1 Å². The zero-order chi connectivity index (χ0) is 11.0. The molecule has 2 aliphatic heterocycles. The third-order valence-corrected chi connectivity index (χ3v) is 4.18. The van der Waals surface area contributed by atoms with Gasteiger partial charge >= 0.3 is 0 Å². The molecule has 2 aliphatic rings. The van der Waals surface area contributed by atoms with Gasteiger partial charge in [0.2, 0.25) is 0 Å². The molecule has 1 aromatic rings. The first kappa shape index (κ1) is 10.3. The zero-order valence-electron chi connectivity index (χ0n) is 9.78. The van der Waals surface area contributed by atoms with Gasteiger partial charge in [0.1, 0.15) is 0 Å². The Labute approximate surface area is 96.0 Å². The molecule has 0 amide bonds. The van der Waals surface area contributed by atoms with Crippen LogP contribution < -0.4 is 5.32 Å². The Bertz CT molecular complexity index is 368. The molecule has 0 saturated carbocycles. The first-order valence-corrected chi connectivity index (χ1v) is 6.07. The molecule has 3 heterocycles. The highest BCUT2D eigenvalue weighted by atomic mass is 16.5. The zero-order valence-corrected chi connectivity index (χ0v) is 9.78. The molecule has 1 spiro atoms. The molecule has 2 saturated heterocycles. The van der Waals surface area contributed by atoms with Crippen molar-refractivity contribution in [3.63, 3.8) is 0 Å². The Balaban J connectivity index is 1.88. The predicted molar refractivity (Wildman–Crippen MR) is 61.3 cm³/mol. The van der Waals surface area contributed by atoms with Gasteiger partial charge in [0.15, 0.2) is 0 Å². The second kappa shape index (κ2) is 3.86. The molecule has 1 N–H and O–H groups in total. The van der Waals surface area contributed by atoms with Crippen molar-refractivity contribution in [2.45, 2.75) is 18.8 Å². The molecular weight excluding hydrogens is 202 g/mol. The average molecular weight is 221 g/mol. The molecule has 1 atom stereocenters. The molecule has 0 aliphatic carbocycles. The second-order valence-corrected chi connectivity index (χ2v) is 5.11. The van der Waals surface area contributed by atoms with E-state index in [4.69, 9.17) is 4.74 Å². The summed E-state index contributed by atoms with van der Waals surface area (Å²) in [6, 6.07) is 0. The number of ether oxygens (including phenoxy) is 1. The van der Waals surface area contributed by atoms with Crippen LogP contribution in [-0.2, 0) is 11.8 Å². The van der Waals surface area contributed by atoms with Crippen molar-refractivity contribution >= 4 is 0 Å². The average Bonchev–Trinajstić information content (AvgIpc) is 2.87. The topological polar surface area (TPSA) is 39.1 Å². The van der Waals surface area contributed by atoms with Gasteiger partial charge in [-0.3, -0.25) is 4.68 Å². The van der Waals surface area contributed by atoms with E-state index >= 15 is 0 Å². The maximum Gasteiger partial charge on any atom is 0.0525 e. The van der Waals surface area contributed by atoms with Gasteiger partial charge in [0.05, 0.1) is 6.20 Å². The van der Waals surface area contributed by atoms with Crippen LogP contribution in [0.25, 0.3) is 0 Å². The van der Waals surface area contributed by atoms with Gasteiger partial charge in [-0.15, -0.1) is 0 Å². The number of aryl methyl sites for hydroxylation is 1. The van der Waals surface area contributed by atoms with E-state index in [1.54, 1.807) is 0 Å². The standard InChI is InChI=1S/C12H19N3O/c1-15-8-10(6-14-15)11-7-13-9-12(11)2-4-16-5-3-12/h6,8,11,13H,2-5,7,9H2,1H3. The van der Waals surface area contributed by atoms with Crippen molar-refractivity contribution in [3.8, 4) is 0 Å². The summed E-state index contributed by atoms with van der Waals surface area (Å²) in [5, 5.41) is 7.84. The Kier molecular flexibility index (Phi) is 2.48. The Morgan fingerprint density at radius 2 is 2.31 bits per heavy atom. The molecule has 0 aromatic carbocycles. The third-order valence-electron chi connectivity index (χ3n) is 4.18. The van der Waals surface area contributed by atoms with Crippen molar-refractivity contribution in [2.24, 2.45) is 12.5 Å². The summed E-state index contributed by atoms with van der Waals surface area (Å²) in [6.07, 6.45) is 6.54.